The van der Waals surface area contributed by atoms with Gasteiger partial charge in [0.05, 0.1) is 15.4 Å². The highest BCUT2D eigenvalue weighted by Gasteiger charge is 2.22. The summed E-state index contributed by atoms with van der Waals surface area (Å²) in [5.74, 6) is 0. The summed E-state index contributed by atoms with van der Waals surface area (Å²) >= 11 is 12.7. The lowest BCUT2D eigenvalue weighted by atomic mass is 10.0. The molecule has 0 fully saturated rings. The Hall–Kier alpha value is -1.82. The van der Waals surface area contributed by atoms with E-state index in [0.29, 0.717) is 21.5 Å². The van der Waals surface area contributed by atoms with Crippen molar-refractivity contribution in [3.63, 3.8) is 0 Å². The molecular weight excluding hydrogens is 391 g/mol. The number of fused-ring (bicyclic) bond motifs is 2. The van der Waals surface area contributed by atoms with Crippen molar-refractivity contribution in [3.05, 3.63) is 63.8 Å². The van der Waals surface area contributed by atoms with Crippen LogP contribution in [0.3, 0.4) is 0 Å². The van der Waals surface area contributed by atoms with E-state index in [2.05, 4.69) is 4.90 Å². The summed E-state index contributed by atoms with van der Waals surface area (Å²) in [7, 11) is -3.19. The maximum atomic E-state index is 11.6. The number of halogens is 2. The third kappa shape index (κ3) is 3.15. The van der Waals surface area contributed by atoms with Gasteiger partial charge < -0.3 is 4.90 Å². The minimum absolute atomic E-state index is 0.321. The third-order valence-corrected chi connectivity index (χ3v) is 6.46. The number of sulfone groups is 1. The molecule has 1 aliphatic rings. The van der Waals surface area contributed by atoms with Gasteiger partial charge in [-0.25, -0.2) is 8.42 Å². The first-order valence-electron chi connectivity index (χ1n) is 8.14. The molecule has 134 valence electrons. The zero-order valence-electron chi connectivity index (χ0n) is 14.0. The van der Waals surface area contributed by atoms with Crippen LogP contribution in [0.5, 0.6) is 0 Å². The first kappa shape index (κ1) is 17.6. The number of hydrogen-bond donors (Lipinski definition) is 0. The van der Waals surface area contributed by atoms with Crippen LogP contribution >= 0.6 is 23.2 Å². The van der Waals surface area contributed by atoms with E-state index in [1.54, 1.807) is 12.1 Å². The van der Waals surface area contributed by atoms with E-state index in [-0.39, 0.29) is 0 Å². The molecule has 0 atom stereocenters. The van der Waals surface area contributed by atoms with Crippen LogP contribution in [0.4, 0.5) is 5.69 Å². The van der Waals surface area contributed by atoms with Crippen molar-refractivity contribution >= 4 is 49.6 Å². The Labute approximate surface area is 162 Å². The average Bonchev–Trinajstić information content (AvgIpc) is 2.61. The largest absolute Gasteiger partial charge is 0.367 e. The topological polar surface area (TPSA) is 50.3 Å². The smallest absolute Gasteiger partial charge is 0.175 e. The summed E-state index contributed by atoms with van der Waals surface area (Å²) in [6.45, 7) is 1.43. The number of hydrogen-bond acceptors (Lipinski definition) is 4. The van der Waals surface area contributed by atoms with Gasteiger partial charge in [0.2, 0.25) is 0 Å². The van der Waals surface area contributed by atoms with Crippen LogP contribution in [-0.4, -0.2) is 26.2 Å². The fourth-order valence-corrected chi connectivity index (χ4v) is 4.41. The molecule has 1 aliphatic heterocycles. The van der Waals surface area contributed by atoms with Gasteiger partial charge in [0, 0.05) is 53.1 Å². The van der Waals surface area contributed by atoms with Crippen LogP contribution in [0.1, 0.15) is 11.3 Å². The maximum Gasteiger partial charge on any atom is 0.175 e. The van der Waals surface area contributed by atoms with Crippen molar-refractivity contribution < 1.29 is 8.42 Å². The third-order valence-electron chi connectivity index (χ3n) is 4.66. The van der Waals surface area contributed by atoms with E-state index in [1.165, 1.54) is 6.26 Å². The molecule has 4 rings (SSSR count). The van der Waals surface area contributed by atoms with E-state index in [9.17, 15) is 8.42 Å². The molecule has 0 radical (unpaired) electrons. The Kier molecular flexibility index (Phi) is 4.34. The molecule has 26 heavy (non-hydrogen) atoms. The quantitative estimate of drug-likeness (QED) is 0.628. The predicted octanol–water partition coefficient (Wildman–Crippen LogP) is 4.51. The monoisotopic (exact) mass is 406 g/mol. The molecule has 0 amide bonds. The lowest BCUT2D eigenvalue weighted by molar-refractivity contribution is 0.602. The highest BCUT2D eigenvalue weighted by molar-refractivity contribution is 7.90. The van der Waals surface area contributed by atoms with Crippen LogP contribution in [-0.2, 0) is 22.8 Å². The summed E-state index contributed by atoms with van der Waals surface area (Å²) in [6.07, 6.45) is 1.98. The number of benzene rings is 2. The molecule has 7 heteroatoms. The van der Waals surface area contributed by atoms with Crippen molar-refractivity contribution in [1.29, 1.82) is 0 Å². The fourth-order valence-electron chi connectivity index (χ4n) is 3.29. The highest BCUT2D eigenvalue weighted by Crippen LogP contribution is 2.34. The molecule has 2 aromatic carbocycles. The second kappa shape index (κ2) is 6.41. The molecule has 1 aromatic heterocycles. The molecule has 0 saturated carbocycles. The van der Waals surface area contributed by atoms with Crippen molar-refractivity contribution in [1.82, 2.24) is 4.98 Å². The molecule has 2 heterocycles. The molecule has 0 N–H and O–H groups in total. The van der Waals surface area contributed by atoms with Crippen LogP contribution in [0.2, 0.25) is 10.0 Å². The van der Waals surface area contributed by atoms with Gasteiger partial charge in [-0.15, -0.1) is 0 Å². The summed E-state index contributed by atoms with van der Waals surface area (Å²) in [5, 5.41) is 2.24. The Morgan fingerprint density at radius 1 is 1.08 bits per heavy atom. The zero-order valence-corrected chi connectivity index (χ0v) is 16.4. The van der Waals surface area contributed by atoms with Crippen molar-refractivity contribution in [2.45, 2.75) is 17.9 Å². The molecule has 4 nitrogen and oxygen atoms in total. The van der Waals surface area contributed by atoms with E-state index in [0.717, 1.165) is 40.8 Å². The number of rotatable bonds is 2. The molecule has 0 bridgehead atoms. The molecule has 3 aromatic rings. The van der Waals surface area contributed by atoms with Crippen LogP contribution in [0, 0.1) is 0 Å². The van der Waals surface area contributed by atoms with Gasteiger partial charge >= 0.3 is 0 Å². The number of aromatic nitrogens is 1. The fraction of sp³-hybridized carbons (Fsp3) is 0.211. The Morgan fingerprint density at radius 3 is 2.50 bits per heavy atom. The van der Waals surface area contributed by atoms with Gasteiger partial charge in [0.15, 0.2) is 9.84 Å². The summed E-state index contributed by atoms with van der Waals surface area (Å²) in [5.41, 5.74) is 3.79. The van der Waals surface area contributed by atoms with Gasteiger partial charge in [0.25, 0.3) is 0 Å². The predicted molar refractivity (Wildman–Crippen MR) is 106 cm³/mol. The maximum absolute atomic E-state index is 11.6. The molecule has 0 unspecified atom stereocenters. The van der Waals surface area contributed by atoms with Crippen LogP contribution in [0.25, 0.3) is 10.9 Å². The minimum Gasteiger partial charge on any atom is -0.367 e. The summed E-state index contributed by atoms with van der Waals surface area (Å²) in [6, 6.07) is 12.5. The first-order valence-corrected chi connectivity index (χ1v) is 10.8. The van der Waals surface area contributed by atoms with Gasteiger partial charge in [-0.2, -0.15) is 0 Å². The zero-order chi connectivity index (χ0) is 18.5. The lowest BCUT2D eigenvalue weighted by Crippen LogP contribution is -2.31. The van der Waals surface area contributed by atoms with Gasteiger partial charge in [0.1, 0.15) is 0 Å². The van der Waals surface area contributed by atoms with E-state index in [4.69, 9.17) is 28.2 Å². The number of anilines is 1. The average molecular weight is 407 g/mol. The molecule has 0 aliphatic carbocycles. The van der Waals surface area contributed by atoms with E-state index < -0.39 is 9.84 Å². The second-order valence-electron chi connectivity index (χ2n) is 6.45. The molecule has 0 spiro atoms. The van der Waals surface area contributed by atoms with Crippen molar-refractivity contribution in [2.75, 3.05) is 17.7 Å². The van der Waals surface area contributed by atoms with Crippen molar-refractivity contribution in [3.8, 4) is 0 Å². The number of pyridine rings is 1. The van der Waals surface area contributed by atoms with E-state index in [1.807, 2.05) is 30.3 Å². The standard InChI is InChI=1S/C19H16Cl2N2O2S/c1-26(24,25)14-5-3-13(4-6-14)23-9-8-17-16(11-23)19(21)15-7-2-12(20)10-18(15)22-17/h2-7,10H,8-9,11H2,1H3. The van der Waals surface area contributed by atoms with E-state index >= 15 is 0 Å². The van der Waals surface area contributed by atoms with Gasteiger partial charge in [-0.05, 0) is 42.5 Å². The normalized spacial score (nSPS) is 14.5. The first-order chi connectivity index (χ1) is 12.3. The summed E-state index contributed by atoms with van der Waals surface area (Å²) < 4.78 is 23.3. The van der Waals surface area contributed by atoms with Gasteiger partial charge in [-0.1, -0.05) is 23.2 Å². The second-order valence-corrected chi connectivity index (χ2v) is 9.28. The lowest BCUT2D eigenvalue weighted by Gasteiger charge is -2.31. The number of nitrogens with zero attached hydrogens (tertiary/aromatic N) is 2. The van der Waals surface area contributed by atoms with Crippen molar-refractivity contribution in [2.24, 2.45) is 0 Å². The Morgan fingerprint density at radius 2 is 1.81 bits per heavy atom. The SMILES string of the molecule is CS(=O)(=O)c1ccc(N2CCc3nc4cc(Cl)ccc4c(Cl)c3C2)cc1. The van der Waals surface area contributed by atoms with Gasteiger partial charge in [-0.3, -0.25) is 4.98 Å². The summed E-state index contributed by atoms with van der Waals surface area (Å²) in [4.78, 5) is 7.24. The van der Waals surface area contributed by atoms with Crippen LogP contribution in [0.15, 0.2) is 47.4 Å². The molecular formula is C19H16Cl2N2O2S. The minimum atomic E-state index is -3.19. The Bertz CT molecular complexity index is 1110. The van der Waals surface area contributed by atoms with Crippen LogP contribution < -0.4 is 4.90 Å². The molecule has 0 saturated heterocycles. The highest BCUT2D eigenvalue weighted by atomic mass is 35.5. The Balaban J connectivity index is 1.70.